The van der Waals surface area contributed by atoms with E-state index in [1.807, 2.05) is 0 Å². The molecule has 0 amide bonds. The van der Waals surface area contributed by atoms with Crippen LogP contribution in [0.15, 0.2) is 0 Å². The molecule has 0 aliphatic rings. The second-order valence-electron chi connectivity index (χ2n) is 4.12. The molecular weight excluding hydrogens is 241 g/mol. The molecule has 0 heterocycles. The van der Waals surface area contributed by atoms with Crippen LogP contribution in [-0.2, 0) is 13.6 Å². The van der Waals surface area contributed by atoms with Crippen molar-refractivity contribution in [3.63, 3.8) is 0 Å². The van der Waals surface area contributed by atoms with Gasteiger partial charge in [-0.15, -0.1) is 0 Å². The topological polar surface area (TPSA) is 35.5 Å². The summed E-state index contributed by atoms with van der Waals surface area (Å²) in [6, 6.07) is 0. The second-order valence-corrected chi connectivity index (χ2v) is 11.7. The summed E-state index contributed by atoms with van der Waals surface area (Å²) in [5.74, 6) is 0. The first-order chi connectivity index (χ1) is 6.62. The van der Waals surface area contributed by atoms with E-state index in [0.29, 0.717) is 0 Å². The van der Waals surface area contributed by atoms with Gasteiger partial charge in [-0.25, -0.2) is 0 Å². The summed E-state index contributed by atoms with van der Waals surface area (Å²) >= 11 is 0. The van der Waals surface area contributed by atoms with E-state index in [9.17, 15) is 13.3 Å². The highest BCUT2D eigenvalue weighted by Gasteiger charge is 2.61. The Morgan fingerprint density at radius 2 is 1.47 bits per heavy atom. The lowest BCUT2D eigenvalue weighted by molar-refractivity contribution is 0.0968. The van der Waals surface area contributed by atoms with Gasteiger partial charge in [-0.2, -0.15) is 8.78 Å². The zero-order chi connectivity index (χ0) is 12.3. The van der Waals surface area contributed by atoms with Crippen molar-refractivity contribution in [3.8, 4) is 0 Å². The summed E-state index contributed by atoms with van der Waals surface area (Å²) in [6.07, 6.45) is 0. The van der Waals surface area contributed by atoms with Crippen molar-refractivity contribution in [2.75, 3.05) is 13.2 Å². The fraction of sp³-hybridized carbons (Fsp3) is 1.00. The molecule has 3 nitrogen and oxygen atoms in total. The first-order valence-corrected chi connectivity index (χ1v) is 9.93. The van der Waals surface area contributed by atoms with Crippen LogP contribution >= 0.6 is 7.60 Å². The van der Waals surface area contributed by atoms with Crippen molar-refractivity contribution in [3.05, 3.63) is 0 Å². The van der Waals surface area contributed by atoms with Crippen molar-refractivity contribution in [2.24, 2.45) is 0 Å². The van der Waals surface area contributed by atoms with Crippen LogP contribution in [0.4, 0.5) is 8.78 Å². The Kier molecular flexibility index (Phi) is 5.11. The summed E-state index contributed by atoms with van der Waals surface area (Å²) in [6.45, 7) is 7.28. The summed E-state index contributed by atoms with van der Waals surface area (Å²) in [4.78, 5) is 0. The fourth-order valence-electron chi connectivity index (χ4n) is 0.950. The van der Waals surface area contributed by atoms with Crippen LogP contribution in [0.5, 0.6) is 0 Å². The van der Waals surface area contributed by atoms with Crippen LogP contribution in [-0.4, -0.2) is 26.6 Å². The van der Waals surface area contributed by atoms with Gasteiger partial charge in [-0.1, -0.05) is 19.6 Å². The Morgan fingerprint density at radius 3 is 1.67 bits per heavy atom. The molecule has 0 aromatic rings. The van der Waals surface area contributed by atoms with Gasteiger partial charge in [0, 0.05) is 0 Å². The zero-order valence-corrected chi connectivity index (χ0v) is 11.7. The lowest BCUT2D eigenvalue weighted by Gasteiger charge is -2.33. The van der Waals surface area contributed by atoms with Gasteiger partial charge in [0.2, 0.25) is 0 Å². The van der Waals surface area contributed by atoms with E-state index in [4.69, 9.17) is 0 Å². The van der Waals surface area contributed by atoms with Gasteiger partial charge in [0.15, 0.2) is 0 Å². The summed E-state index contributed by atoms with van der Waals surface area (Å²) in [7, 11) is -7.26. The molecule has 0 atom stereocenters. The van der Waals surface area contributed by atoms with Gasteiger partial charge in [0.05, 0.1) is 13.2 Å². The van der Waals surface area contributed by atoms with Crippen molar-refractivity contribution >= 4 is 15.7 Å². The molecule has 0 aliphatic heterocycles. The quantitative estimate of drug-likeness (QED) is 0.539. The van der Waals surface area contributed by atoms with Gasteiger partial charge in [0.1, 0.15) is 8.07 Å². The molecule has 0 fully saturated rings. The SMILES string of the molecule is CCOP(=O)(OCC)C(F)(F)[Si](C)(C)C. The number of hydrogen-bond acceptors (Lipinski definition) is 3. The normalized spacial score (nSPS) is 14.3. The average molecular weight is 260 g/mol. The van der Waals surface area contributed by atoms with Gasteiger partial charge in [-0.05, 0) is 13.8 Å². The standard InChI is InChI=1S/C8H19F2O3PSi/c1-6-12-14(11,13-7-2)8(9,10)15(3,4)5/h6-7H2,1-5H3. The lowest BCUT2D eigenvalue weighted by Crippen LogP contribution is -2.45. The monoisotopic (exact) mass is 260 g/mol. The van der Waals surface area contributed by atoms with E-state index in [1.54, 1.807) is 0 Å². The molecule has 0 rings (SSSR count). The third-order valence-corrected chi connectivity index (χ3v) is 8.37. The maximum Gasteiger partial charge on any atom is 0.394 e. The Labute approximate surface area is 90.7 Å². The minimum Gasteiger partial charge on any atom is -0.305 e. The van der Waals surface area contributed by atoms with Gasteiger partial charge in [-0.3, -0.25) is 4.57 Å². The maximum atomic E-state index is 13.9. The lowest BCUT2D eigenvalue weighted by atomic mass is 10.9. The second kappa shape index (κ2) is 5.04. The third kappa shape index (κ3) is 3.09. The minimum absolute atomic E-state index is 0.0443. The van der Waals surface area contributed by atoms with E-state index >= 15 is 0 Å². The van der Waals surface area contributed by atoms with Gasteiger partial charge < -0.3 is 9.05 Å². The largest absolute Gasteiger partial charge is 0.394 e. The van der Waals surface area contributed by atoms with Gasteiger partial charge >= 0.3 is 12.9 Å². The zero-order valence-electron chi connectivity index (χ0n) is 9.84. The number of alkyl halides is 2. The average Bonchev–Trinajstić information content (AvgIpc) is 2.02. The molecule has 92 valence electrons. The Bertz CT molecular complexity index is 243. The molecule has 0 bridgehead atoms. The number of hydrogen-bond donors (Lipinski definition) is 0. The predicted molar refractivity (Wildman–Crippen MR) is 59.2 cm³/mol. The van der Waals surface area contributed by atoms with Crippen molar-refractivity contribution in [1.82, 2.24) is 0 Å². The number of rotatable bonds is 6. The molecule has 0 aliphatic carbocycles. The molecule has 0 radical (unpaired) electrons. The van der Waals surface area contributed by atoms with Crippen LogP contribution in [0.3, 0.4) is 0 Å². The van der Waals surface area contributed by atoms with Crippen LogP contribution in [0.25, 0.3) is 0 Å². The van der Waals surface area contributed by atoms with Crippen LogP contribution in [0.2, 0.25) is 19.6 Å². The smallest absolute Gasteiger partial charge is 0.305 e. The van der Waals surface area contributed by atoms with E-state index in [0.717, 1.165) is 0 Å². The predicted octanol–water partition coefficient (Wildman–Crippen LogP) is 3.72. The Morgan fingerprint density at radius 1 is 1.13 bits per heavy atom. The third-order valence-electron chi connectivity index (χ3n) is 1.84. The van der Waals surface area contributed by atoms with E-state index in [2.05, 4.69) is 9.05 Å². The van der Waals surface area contributed by atoms with E-state index in [-0.39, 0.29) is 13.2 Å². The Hall–Kier alpha value is 0.227. The van der Waals surface area contributed by atoms with Gasteiger partial charge in [0.25, 0.3) is 0 Å². The van der Waals surface area contributed by atoms with E-state index in [1.165, 1.54) is 33.5 Å². The summed E-state index contributed by atoms with van der Waals surface area (Å²) in [5.41, 5.74) is 0. The first kappa shape index (κ1) is 15.2. The molecule has 0 spiro atoms. The molecule has 0 N–H and O–H groups in total. The summed E-state index contributed by atoms with van der Waals surface area (Å²) in [5, 5.41) is -3.36. The van der Waals surface area contributed by atoms with E-state index < -0.39 is 21.0 Å². The molecular formula is C8H19F2O3PSi. The van der Waals surface area contributed by atoms with Crippen LogP contribution < -0.4 is 0 Å². The molecule has 7 heteroatoms. The highest BCUT2D eigenvalue weighted by Crippen LogP contribution is 2.64. The minimum atomic E-state index is -4.32. The number of halogens is 2. The molecule has 0 saturated carbocycles. The van der Waals surface area contributed by atoms with Crippen LogP contribution in [0, 0.1) is 0 Å². The highest BCUT2D eigenvalue weighted by molar-refractivity contribution is 7.58. The molecule has 15 heavy (non-hydrogen) atoms. The summed E-state index contributed by atoms with van der Waals surface area (Å²) < 4.78 is 49.1. The molecule has 0 unspecified atom stereocenters. The van der Waals surface area contributed by atoms with Crippen molar-refractivity contribution < 1.29 is 22.4 Å². The maximum absolute atomic E-state index is 13.9. The van der Waals surface area contributed by atoms with Crippen molar-refractivity contribution in [1.29, 1.82) is 0 Å². The van der Waals surface area contributed by atoms with Crippen molar-refractivity contribution in [2.45, 2.75) is 38.8 Å². The van der Waals surface area contributed by atoms with Crippen LogP contribution in [0.1, 0.15) is 13.8 Å². The Balaban J connectivity index is 5.16. The molecule has 0 aromatic carbocycles. The highest BCUT2D eigenvalue weighted by atomic mass is 31.2. The fourth-order valence-corrected chi connectivity index (χ4v) is 5.70. The molecule has 0 saturated heterocycles. The first-order valence-electron chi connectivity index (χ1n) is 4.89. The molecule has 0 aromatic heterocycles.